The topological polar surface area (TPSA) is 37.3 Å². The van der Waals surface area contributed by atoms with Crippen LogP contribution in [0.4, 0.5) is 0 Å². The molecule has 0 amide bonds. The lowest BCUT2D eigenvalue weighted by Crippen LogP contribution is -2.08. The molecule has 13 heavy (non-hydrogen) atoms. The molecule has 0 spiro atoms. The van der Waals surface area contributed by atoms with Crippen LogP contribution in [0.25, 0.3) is 0 Å². The van der Waals surface area contributed by atoms with Crippen LogP contribution in [0.5, 0.6) is 0 Å². The molecule has 1 atom stereocenters. The Morgan fingerprint density at radius 2 is 2.15 bits per heavy atom. The molecule has 0 aromatic carbocycles. The minimum absolute atomic E-state index is 0.272. The summed E-state index contributed by atoms with van der Waals surface area (Å²) in [5.41, 5.74) is 0. The van der Waals surface area contributed by atoms with Gasteiger partial charge in [0.1, 0.15) is 5.78 Å². The Morgan fingerprint density at radius 3 is 2.69 bits per heavy atom. The van der Waals surface area contributed by atoms with E-state index >= 15 is 0 Å². The molecule has 1 N–H and O–H groups in total. The predicted octanol–water partition coefficient (Wildman–Crippen LogP) is 2.51. The number of carbonyl (C=O) groups is 1. The van der Waals surface area contributed by atoms with Crippen molar-refractivity contribution in [3.8, 4) is 0 Å². The zero-order valence-electron chi connectivity index (χ0n) is 8.28. The number of aliphatic hydroxyl groups is 1. The van der Waals surface area contributed by atoms with Crippen molar-refractivity contribution < 1.29 is 9.90 Å². The van der Waals surface area contributed by atoms with Gasteiger partial charge in [-0.3, -0.25) is 4.79 Å². The van der Waals surface area contributed by atoms with E-state index in [2.05, 4.69) is 0 Å². The zero-order chi connectivity index (χ0) is 10.1. The minimum Gasteiger partial charge on any atom is -0.393 e. The highest BCUT2D eigenvalue weighted by molar-refractivity contribution is 8.76. The monoisotopic (exact) mass is 222 g/mol. The van der Waals surface area contributed by atoms with Crippen molar-refractivity contribution in [3.63, 3.8) is 0 Å². The predicted molar refractivity (Wildman–Crippen MR) is 61.1 cm³/mol. The smallest absolute Gasteiger partial charge is 0.133 e. The molecule has 0 fully saturated rings. The molecule has 0 aliphatic heterocycles. The van der Waals surface area contributed by atoms with E-state index in [1.165, 1.54) is 0 Å². The number of rotatable bonds is 8. The third-order valence-corrected chi connectivity index (χ3v) is 3.62. The summed E-state index contributed by atoms with van der Waals surface area (Å²) >= 11 is 0. The van der Waals surface area contributed by atoms with Gasteiger partial charge in [-0.15, -0.1) is 0 Å². The average Bonchev–Trinajstić information content (AvgIpc) is 2.14. The van der Waals surface area contributed by atoms with Crippen LogP contribution in [0.15, 0.2) is 0 Å². The van der Waals surface area contributed by atoms with Gasteiger partial charge in [-0.1, -0.05) is 28.5 Å². The Kier molecular flexibility index (Phi) is 9.13. The van der Waals surface area contributed by atoms with E-state index in [4.69, 9.17) is 0 Å². The number of Topliss-reactive ketones (excluding diaryl/α,β-unsaturated/α-hetero) is 1. The van der Waals surface area contributed by atoms with E-state index in [-0.39, 0.29) is 11.9 Å². The van der Waals surface area contributed by atoms with Crippen LogP contribution in [-0.4, -0.2) is 29.0 Å². The van der Waals surface area contributed by atoms with Crippen LogP contribution < -0.4 is 0 Å². The second kappa shape index (κ2) is 8.91. The van der Waals surface area contributed by atoms with Crippen molar-refractivity contribution >= 4 is 27.4 Å². The van der Waals surface area contributed by atoms with E-state index in [1.54, 1.807) is 21.6 Å². The largest absolute Gasteiger partial charge is 0.393 e. The summed E-state index contributed by atoms with van der Waals surface area (Å²) in [6.45, 7) is 1.93. The molecule has 0 heterocycles. The molecule has 1 unspecified atom stereocenters. The summed E-state index contributed by atoms with van der Waals surface area (Å²) in [5.74, 6) is 1.16. The normalized spacial score (nSPS) is 12.8. The molecular weight excluding hydrogens is 204 g/mol. The number of ketones is 1. The Bertz CT molecular complexity index is 140. The second-order valence-electron chi connectivity index (χ2n) is 2.88. The standard InChI is InChI=1S/C9H18O2S2/c1-3-8(10)4-5-9(11)6-7-13-12-2/h8,10H,3-7H2,1-2H3. The van der Waals surface area contributed by atoms with Crippen LogP contribution in [0.2, 0.25) is 0 Å². The summed E-state index contributed by atoms with van der Waals surface area (Å²) in [6, 6.07) is 0. The Balaban J connectivity index is 3.30. The van der Waals surface area contributed by atoms with E-state index in [0.717, 1.165) is 12.2 Å². The van der Waals surface area contributed by atoms with Gasteiger partial charge in [0, 0.05) is 18.6 Å². The highest BCUT2D eigenvalue weighted by Gasteiger charge is 2.05. The highest BCUT2D eigenvalue weighted by Crippen LogP contribution is 2.18. The molecule has 0 saturated heterocycles. The first-order chi connectivity index (χ1) is 6.20. The van der Waals surface area contributed by atoms with Crippen LogP contribution in [0, 0.1) is 0 Å². The van der Waals surface area contributed by atoms with Crippen molar-refractivity contribution in [3.05, 3.63) is 0 Å². The fourth-order valence-corrected chi connectivity index (χ4v) is 2.12. The lowest BCUT2D eigenvalue weighted by atomic mass is 10.1. The third-order valence-electron chi connectivity index (χ3n) is 1.81. The van der Waals surface area contributed by atoms with Crippen LogP contribution in [0.1, 0.15) is 32.6 Å². The molecule has 0 aliphatic carbocycles. The molecular formula is C9H18O2S2. The van der Waals surface area contributed by atoms with E-state index in [9.17, 15) is 9.90 Å². The second-order valence-corrected chi connectivity index (χ2v) is 5.56. The molecule has 0 aromatic rings. The number of aliphatic hydroxyl groups excluding tert-OH is 1. The summed E-state index contributed by atoms with van der Waals surface area (Å²) in [7, 11) is 3.40. The molecule has 0 saturated carbocycles. The van der Waals surface area contributed by atoms with Gasteiger partial charge < -0.3 is 5.11 Å². The molecule has 0 bridgehead atoms. The van der Waals surface area contributed by atoms with Gasteiger partial charge in [0.25, 0.3) is 0 Å². The first kappa shape index (κ1) is 13.3. The van der Waals surface area contributed by atoms with Gasteiger partial charge in [0.15, 0.2) is 0 Å². The van der Waals surface area contributed by atoms with Crippen molar-refractivity contribution in [1.82, 2.24) is 0 Å². The maximum atomic E-state index is 11.2. The lowest BCUT2D eigenvalue weighted by molar-refractivity contribution is -0.119. The quantitative estimate of drug-likeness (QED) is 0.506. The van der Waals surface area contributed by atoms with Gasteiger partial charge in [0.05, 0.1) is 6.10 Å². The van der Waals surface area contributed by atoms with E-state index < -0.39 is 0 Å². The van der Waals surface area contributed by atoms with Crippen molar-refractivity contribution in [2.24, 2.45) is 0 Å². The van der Waals surface area contributed by atoms with Gasteiger partial charge >= 0.3 is 0 Å². The van der Waals surface area contributed by atoms with Gasteiger partial charge in [-0.05, 0) is 19.1 Å². The highest BCUT2D eigenvalue weighted by atomic mass is 33.1. The summed E-state index contributed by atoms with van der Waals surface area (Å²) < 4.78 is 0. The Morgan fingerprint density at radius 1 is 1.46 bits per heavy atom. The van der Waals surface area contributed by atoms with Gasteiger partial charge in [0.2, 0.25) is 0 Å². The van der Waals surface area contributed by atoms with Crippen LogP contribution in [0.3, 0.4) is 0 Å². The van der Waals surface area contributed by atoms with Crippen molar-refractivity contribution in [1.29, 1.82) is 0 Å². The fourth-order valence-electron chi connectivity index (χ4n) is 0.896. The Labute approximate surface area is 88.3 Å². The summed E-state index contributed by atoms with van der Waals surface area (Å²) in [6.07, 6.45) is 4.26. The molecule has 0 radical (unpaired) electrons. The van der Waals surface area contributed by atoms with Crippen molar-refractivity contribution in [2.45, 2.75) is 38.7 Å². The SMILES string of the molecule is CCC(O)CCC(=O)CCSSC. The number of carbonyl (C=O) groups excluding carboxylic acids is 1. The molecule has 2 nitrogen and oxygen atoms in total. The molecule has 0 rings (SSSR count). The van der Waals surface area contributed by atoms with Crippen LogP contribution in [-0.2, 0) is 4.79 Å². The minimum atomic E-state index is -0.294. The van der Waals surface area contributed by atoms with Gasteiger partial charge in [-0.25, -0.2) is 0 Å². The first-order valence-electron chi connectivity index (χ1n) is 4.56. The lowest BCUT2D eigenvalue weighted by Gasteiger charge is -2.05. The zero-order valence-corrected chi connectivity index (χ0v) is 9.92. The third kappa shape index (κ3) is 8.65. The van der Waals surface area contributed by atoms with E-state index in [0.29, 0.717) is 19.3 Å². The maximum absolute atomic E-state index is 11.2. The summed E-state index contributed by atoms with van der Waals surface area (Å²) in [4.78, 5) is 11.2. The first-order valence-corrected chi connectivity index (χ1v) is 7.28. The molecule has 0 aromatic heterocycles. The molecule has 78 valence electrons. The fraction of sp³-hybridized carbons (Fsp3) is 0.889. The maximum Gasteiger partial charge on any atom is 0.133 e. The van der Waals surface area contributed by atoms with Gasteiger partial charge in [-0.2, -0.15) is 0 Å². The molecule has 0 aliphatic rings. The van der Waals surface area contributed by atoms with E-state index in [1.807, 2.05) is 13.2 Å². The molecule has 4 heteroatoms. The Hall–Kier alpha value is 0.330. The average molecular weight is 222 g/mol. The number of hydrogen-bond acceptors (Lipinski definition) is 4. The van der Waals surface area contributed by atoms with Crippen LogP contribution >= 0.6 is 21.6 Å². The number of hydrogen-bond donors (Lipinski definition) is 1. The van der Waals surface area contributed by atoms with Crippen molar-refractivity contribution in [2.75, 3.05) is 12.0 Å². The summed E-state index contributed by atoms with van der Waals surface area (Å²) in [5, 5.41) is 9.22.